The van der Waals surface area contributed by atoms with Crippen LogP contribution >= 0.6 is 0 Å². The van der Waals surface area contributed by atoms with E-state index in [1.807, 2.05) is 24.3 Å². The van der Waals surface area contributed by atoms with E-state index in [0.717, 1.165) is 19.6 Å². The number of nitriles is 1. The molecule has 1 saturated heterocycles. The Kier molecular flexibility index (Phi) is 6.99. The Hall–Kier alpha value is -2.85. The predicted molar refractivity (Wildman–Crippen MR) is 92.0 cm³/mol. The van der Waals surface area contributed by atoms with Crippen molar-refractivity contribution in [1.29, 1.82) is 5.26 Å². The molecule has 1 aliphatic rings. The van der Waals surface area contributed by atoms with Crippen LogP contribution in [0, 0.1) is 11.3 Å². The third kappa shape index (κ3) is 5.62. The molecule has 0 radical (unpaired) electrons. The number of benzene rings is 1. The summed E-state index contributed by atoms with van der Waals surface area (Å²) in [5, 5.41) is 11.8. The van der Waals surface area contributed by atoms with E-state index in [1.165, 1.54) is 18.9 Å². The zero-order valence-electron chi connectivity index (χ0n) is 14.3. The summed E-state index contributed by atoms with van der Waals surface area (Å²) in [6.45, 7) is 3.43. The van der Waals surface area contributed by atoms with Crippen molar-refractivity contribution in [3.8, 4) is 6.07 Å². The second-order valence-electron chi connectivity index (χ2n) is 5.68. The van der Waals surface area contributed by atoms with Crippen LogP contribution in [0.25, 0.3) is 0 Å². The number of nitrogens with zero attached hydrogens (tertiary/aromatic N) is 3. The molecule has 0 saturated carbocycles. The van der Waals surface area contributed by atoms with Gasteiger partial charge in [-0.2, -0.15) is 5.26 Å². The molecule has 25 heavy (non-hydrogen) atoms. The number of ether oxygens (including phenoxy) is 1. The Labute approximate surface area is 147 Å². The third-order valence-corrected chi connectivity index (χ3v) is 3.98. The lowest BCUT2D eigenvalue weighted by atomic mass is 10.2. The highest BCUT2D eigenvalue weighted by atomic mass is 16.5. The van der Waals surface area contributed by atoms with Gasteiger partial charge in [0, 0.05) is 38.9 Å². The fourth-order valence-electron chi connectivity index (χ4n) is 2.57. The standard InChI is InChI=1S/C18H22N4O3/c1-25-17(23)13-20-12-16(11-19)18(24)22-9-7-21(8-10-22)14-15-5-3-2-4-6-15/h2-6,12,20H,7-10,13-14H2,1H3/b16-12-. The van der Waals surface area contributed by atoms with Gasteiger partial charge in [0.25, 0.3) is 5.91 Å². The van der Waals surface area contributed by atoms with E-state index in [0.29, 0.717) is 13.1 Å². The molecule has 0 aliphatic carbocycles. The Balaban J connectivity index is 1.84. The van der Waals surface area contributed by atoms with E-state index in [1.54, 1.807) is 4.90 Å². The zero-order chi connectivity index (χ0) is 18.1. The maximum absolute atomic E-state index is 12.4. The highest BCUT2D eigenvalue weighted by Gasteiger charge is 2.23. The molecule has 0 atom stereocenters. The summed E-state index contributed by atoms with van der Waals surface area (Å²) < 4.78 is 4.49. The molecule has 0 aromatic heterocycles. The molecule has 1 amide bonds. The molecule has 2 rings (SSSR count). The normalized spacial score (nSPS) is 15.4. The summed E-state index contributed by atoms with van der Waals surface area (Å²) in [5.41, 5.74) is 1.23. The number of methoxy groups -OCH3 is 1. The van der Waals surface area contributed by atoms with Gasteiger partial charge in [-0.1, -0.05) is 30.3 Å². The van der Waals surface area contributed by atoms with Crippen molar-refractivity contribution in [2.75, 3.05) is 39.8 Å². The number of carbonyl (C=O) groups excluding carboxylic acids is 2. The molecule has 7 nitrogen and oxygen atoms in total. The molecule has 1 heterocycles. The van der Waals surface area contributed by atoms with Crippen molar-refractivity contribution in [3.05, 3.63) is 47.7 Å². The number of carbonyl (C=O) groups is 2. The molecule has 0 unspecified atom stereocenters. The first-order chi connectivity index (χ1) is 12.1. The Bertz CT molecular complexity index is 659. The molecule has 0 spiro atoms. The summed E-state index contributed by atoms with van der Waals surface area (Å²) in [5.74, 6) is -0.783. The number of esters is 1. The number of nitrogens with one attached hydrogen (secondary N) is 1. The highest BCUT2D eigenvalue weighted by Crippen LogP contribution is 2.10. The van der Waals surface area contributed by atoms with Gasteiger partial charge in [-0.15, -0.1) is 0 Å². The van der Waals surface area contributed by atoms with Gasteiger partial charge in [0.1, 0.15) is 18.2 Å². The van der Waals surface area contributed by atoms with Crippen molar-refractivity contribution in [2.45, 2.75) is 6.54 Å². The van der Waals surface area contributed by atoms with Crippen molar-refractivity contribution in [1.82, 2.24) is 15.1 Å². The van der Waals surface area contributed by atoms with E-state index >= 15 is 0 Å². The number of hydrogen-bond donors (Lipinski definition) is 1. The molecule has 1 N–H and O–H groups in total. The van der Waals surface area contributed by atoms with E-state index in [-0.39, 0.29) is 18.0 Å². The molecule has 7 heteroatoms. The van der Waals surface area contributed by atoms with E-state index in [2.05, 4.69) is 27.1 Å². The van der Waals surface area contributed by atoms with Crippen molar-refractivity contribution in [2.24, 2.45) is 0 Å². The lowest BCUT2D eigenvalue weighted by molar-refractivity contribution is -0.139. The number of rotatable bonds is 6. The Morgan fingerprint density at radius 1 is 1.24 bits per heavy atom. The first kappa shape index (κ1) is 18.5. The second kappa shape index (κ2) is 9.45. The molecule has 1 aromatic rings. The Morgan fingerprint density at radius 2 is 1.92 bits per heavy atom. The summed E-state index contributed by atoms with van der Waals surface area (Å²) in [4.78, 5) is 27.4. The lowest BCUT2D eigenvalue weighted by Crippen LogP contribution is -2.48. The van der Waals surface area contributed by atoms with Gasteiger partial charge in [0.2, 0.25) is 0 Å². The van der Waals surface area contributed by atoms with Crippen LogP contribution in [0.4, 0.5) is 0 Å². The van der Waals surface area contributed by atoms with Gasteiger partial charge in [0.15, 0.2) is 0 Å². The molecule has 1 aromatic carbocycles. The average molecular weight is 342 g/mol. The molecule has 1 aliphatic heterocycles. The SMILES string of the molecule is COC(=O)CN/C=C(/C#N)C(=O)N1CCN(Cc2ccccc2)CC1. The van der Waals surface area contributed by atoms with E-state index in [9.17, 15) is 9.59 Å². The summed E-state index contributed by atoms with van der Waals surface area (Å²) >= 11 is 0. The van der Waals surface area contributed by atoms with Gasteiger partial charge < -0.3 is 15.0 Å². The zero-order valence-corrected chi connectivity index (χ0v) is 14.3. The largest absolute Gasteiger partial charge is 0.468 e. The second-order valence-corrected chi connectivity index (χ2v) is 5.68. The van der Waals surface area contributed by atoms with E-state index in [4.69, 9.17) is 5.26 Å². The molecule has 132 valence electrons. The molecular weight excluding hydrogens is 320 g/mol. The minimum atomic E-state index is -0.462. The highest BCUT2D eigenvalue weighted by molar-refractivity contribution is 5.97. The summed E-state index contributed by atoms with van der Waals surface area (Å²) in [6, 6.07) is 12.1. The molecule has 1 fully saturated rings. The topological polar surface area (TPSA) is 85.7 Å². The van der Waals surface area contributed by atoms with E-state index < -0.39 is 5.97 Å². The lowest BCUT2D eigenvalue weighted by Gasteiger charge is -2.34. The predicted octanol–water partition coefficient (Wildman–Crippen LogP) is 0.501. The van der Waals surface area contributed by atoms with Crippen LogP contribution in [0.15, 0.2) is 42.1 Å². The van der Waals surface area contributed by atoms with Crippen LogP contribution in [-0.2, 0) is 20.9 Å². The number of hydrogen-bond acceptors (Lipinski definition) is 6. The van der Waals surface area contributed by atoms with Crippen molar-refractivity contribution in [3.63, 3.8) is 0 Å². The van der Waals surface area contributed by atoms with Gasteiger partial charge in [-0.05, 0) is 5.56 Å². The van der Waals surface area contributed by atoms with Gasteiger partial charge >= 0.3 is 5.97 Å². The smallest absolute Gasteiger partial charge is 0.325 e. The fourth-order valence-corrected chi connectivity index (χ4v) is 2.57. The van der Waals surface area contributed by atoms with Gasteiger partial charge in [-0.3, -0.25) is 14.5 Å². The van der Waals surface area contributed by atoms with Crippen LogP contribution in [0.2, 0.25) is 0 Å². The maximum Gasteiger partial charge on any atom is 0.325 e. The number of piperazine rings is 1. The van der Waals surface area contributed by atoms with Gasteiger partial charge in [-0.25, -0.2) is 0 Å². The minimum absolute atomic E-state index is 0.0135. The molecular formula is C18H22N4O3. The van der Waals surface area contributed by atoms with Crippen LogP contribution in [0.5, 0.6) is 0 Å². The fraction of sp³-hybridized carbons (Fsp3) is 0.389. The van der Waals surface area contributed by atoms with Gasteiger partial charge in [0.05, 0.1) is 7.11 Å². The third-order valence-electron chi connectivity index (χ3n) is 3.98. The summed E-state index contributed by atoms with van der Waals surface area (Å²) in [6.07, 6.45) is 1.27. The van der Waals surface area contributed by atoms with Crippen LogP contribution in [0.3, 0.4) is 0 Å². The van der Waals surface area contributed by atoms with Crippen LogP contribution < -0.4 is 5.32 Å². The first-order valence-corrected chi connectivity index (χ1v) is 8.10. The average Bonchev–Trinajstić information content (AvgIpc) is 2.66. The van der Waals surface area contributed by atoms with Crippen molar-refractivity contribution < 1.29 is 14.3 Å². The van der Waals surface area contributed by atoms with Crippen molar-refractivity contribution >= 4 is 11.9 Å². The minimum Gasteiger partial charge on any atom is -0.468 e. The Morgan fingerprint density at radius 3 is 2.52 bits per heavy atom. The monoisotopic (exact) mass is 342 g/mol. The maximum atomic E-state index is 12.4. The first-order valence-electron chi connectivity index (χ1n) is 8.10. The summed E-state index contributed by atoms with van der Waals surface area (Å²) in [7, 11) is 1.28. The number of amides is 1. The van der Waals surface area contributed by atoms with Crippen LogP contribution in [0.1, 0.15) is 5.56 Å². The molecule has 0 bridgehead atoms. The van der Waals surface area contributed by atoms with Crippen LogP contribution in [-0.4, -0.2) is 61.5 Å². The quantitative estimate of drug-likeness (QED) is 0.460.